The summed E-state index contributed by atoms with van der Waals surface area (Å²) in [7, 11) is 0. The number of carbonyl (C=O) groups is 1. The molecular formula is C14H21NO3. The zero-order valence-corrected chi connectivity index (χ0v) is 11.2. The van der Waals surface area contributed by atoms with Gasteiger partial charge in [0, 0.05) is 0 Å². The largest absolute Gasteiger partial charge is 0.480 e. The van der Waals surface area contributed by atoms with E-state index in [1.165, 1.54) is 0 Å². The lowest BCUT2D eigenvalue weighted by Crippen LogP contribution is -2.22. The van der Waals surface area contributed by atoms with E-state index in [-0.39, 0.29) is 18.7 Å². The summed E-state index contributed by atoms with van der Waals surface area (Å²) in [4.78, 5) is 11.5. The molecule has 0 aromatic heterocycles. The molecule has 1 aromatic carbocycles. The Hall–Kier alpha value is -1.71. The molecule has 4 nitrogen and oxygen atoms in total. The maximum absolute atomic E-state index is 11.5. The van der Waals surface area contributed by atoms with Gasteiger partial charge in [-0.2, -0.15) is 0 Å². The predicted octanol–water partition coefficient (Wildman–Crippen LogP) is 2.63. The van der Waals surface area contributed by atoms with E-state index in [2.05, 4.69) is 13.8 Å². The van der Waals surface area contributed by atoms with Gasteiger partial charge in [0.05, 0.1) is 11.8 Å². The Kier molecular flexibility index (Phi) is 5.49. The van der Waals surface area contributed by atoms with E-state index in [0.29, 0.717) is 17.4 Å². The first kappa shape index (κ1) is 14.4. The average molecular weight is 251 g/mol. The molecule has 0 fully saturated rings. The van der Waals surface area contributed by atoms with Gasteiger partial charge in [0.25, 0.3) is 0 Å². The third-order valence-corrected chi connectivity index (χ3v) is 2.40. The Morgan fingerprint density at radius 2 is 1.94 bits per heavy atom. The Morgan fingerprint density at radius 1 is 1.28 bits per heavy atom. The molecule has 0 aliphatic carbocycles. The van der Waals surface area contributed by atoms with Crippen molar-refractivity contribution in [2.75, 3.05) is 12.3 Å². The highest BCUT2D eigenvalue weighted by Gasteiger charge is 2.12. The Balaban J connectivity index is 2.35. The Morgan fingerprint density at radius 3 is 2.56 bits per heavy atom. The SMILES string of the molecule is CC(C)CC(C)OC(=O)COc1ccccc1N. The fourth-order valence-electron chi connectivity index (χ4n) is 1.72. The van der Waals surface area contributed by atoms with E-state index in [9.17, 15) is 4.79 Å². The minimum Gasteiger partial charge on any atom is -0.480 e. The van der Waals surface area contributed by atoms with E-state index in [4.69, 9.17) is 15.2 Å². The smallest absolute Gasteiger partial charge is 0.344 e. The molecule has 0 bridgehead atoms. The number of ether oxygens (including phenoxy) is 2. The fraction of sp³-hybridized carbons (Fsp3) is 0.500. The van der Waals surface area contributed by atoms with E-state index >= 15 is 0 Å². The second-order valence-corrected chi connectivity index (χ2v) is 4.76. The summed E-state index contributed by atoms with van der Waals surface area (Å²) in [6.07, 6.45) is 0.758. The molecule has 0 amide bonds. The van der Waals surface area contributed by atoms with Crippen molar-refractivity contribution >= 4 is 11.7 Å². The van der Waals surface area contributed by atoms with Gasteiger partial charge in [-0.3, -0.25) is 0 Å². The highest BCUT2D eigenvalue weighted by atomic mass is 16.6. The van der Waals surface area contributed by atoms with Crippen LogP contribution < -0.4 is 10.5 Å². The number of para-hydroxylation sites is 2. The van der Waals surface area contributed by atoms with Crippen molar-refractivity contribution in [1.29, 1.82) is 0 Å². The monoisotopic (exact) mass is 251 g/mol. The maximum atomic E-state index is 11.5. The average Bonchev–Trinajstić information content (AvgIpc) is 2.26. The Bertz CT molecular complexity index is 390. The summed E-state index contributed by atoms with van der Waals surface area (Å²) < 4.78 is 10.5. The lowest BCUT2D eigenvalue weighted by molar-refractivity contribution is -0.151. The van der Waals surface area contributed by atoms with E-state index in [1.807, 2.05) is 13.0 Å². The Labute approximate surface area is 108 Å². The summed E-state index contributed by atoms with van der Waals surface area (Å²) in [5, 5.41) is 0. The van der Waals surface area contributed by atoms with Crippen LogP contribution in [0, 0.1) is 5.92 Å². The molecule has 0 saturated heterocycles. The third kappa shape index (κ3) is 5.08. The van der Waals surface area contributed by atoms with Gasteiger partial charge >= 0.3 is 5.97 Å². The molecule has 1 aromatic rings. The number of benzene rings is 1. The molecule has 0 spiro atoms. The number of esters is 1. The lowest BCUT2D eigenvalue weighted by Gasteiger charge is -2.15. The van der Waals surface area contributed by atoms with Crippen LogP contribution in [0.1, 0.15) is 27.2 Å². The predicted molar refractivity (Wildman–Crippen MR) is 71.4 cm³/mol. The molecule has 4 heteroatoms. The lowest BCUT2D eigenvalue weighted by atomic mass is 10.1. The van der Waals surface area contributed by atoms with Crippen LogP contribution in [0.25, 0.3) is 0 Å². The zero-order valence-electron chi connectivity index (χ0n) is 11.2. The van der Waals surface area contributed by atoms with E-state index in [0.717, 1.165) is 6.42 Å². The van der Waals surface area contributed by atoms with Gasteiger partial charge in [0.2, 0.25) is 0 Å². The van der Waals surface area contributed by atoms with Crippen molar-refractivity contribution in [3.8, 4) is 5.75 Å². The molecule has 0 aliphatic rings. The summed E-state index contributed by atoms with van der Waals surface area (Å²) in [6, 6.07) is 7.06. The number of carbonyl (C=O) groups excluding carboxylic acids is 1. The zero-order chi connectivity index (χ0) is 13.5. The summed E-state index contributed by atoms with van der Waals surface area (Å²) in [5.41, 5.74) is 6.21. The molecule has 18 heavy (non-hydrogen) atoms. The van der Waals surface area contributed by atoms with Crippen molar-refractivity contribution < 1.29 is 14.3 Å². The van der Waals surface area contributed by atoms with Crippen LogP contribution in [0.15, 0.2) is 24.3 Å². The second-order valence-electron chi connectivity index (χ2n) is 4.76. The van der Waals surface area contributed by atoms with Crippen LogP contribution in [0.3, 0.4) is 0 Å². The minimum absolute atomic E-state index is 0.0887. The molecule has 0 aliphatic heterocycles. The molecular weight excluding hydrogens is 230 g/mol. The minimum atomic E-state index is -0.369. The van der Waals surface area contributed by atoms with Crippen LogP contribution in [-0.4, -0.2) is 18.7 Å². The van der Waals surface area contributed by atoms with Crippen LogP contribution >= 0.6 is 0 Å². The number of anilines is 1. The van der Waals surface area contributed by atoms with Crippen molar-refractivity contribution in [1.82, 2.24) is 0 Å². The molecule has 1 rings (SSSR count). The quantitative estimate of drug-likeness (QED) is 0.623. The topological polar surface area (TPSA) is 61.5 Å². The van der Waals surface area contributed by atoms with Crippen LogP contribution in [0.2, 0.25) is 0 Å². The highest BCUT2D eigenvalue weighted by molar-refractivity contribution is 5.71. The van der Waals surface area contributed by atoms with Gasteiger partial charge < -0.3 is 15.2 Å². The van der Waals surface area contributed by atoms with Crippen LogP contribution in [0.5, 0.6) is 5.75 Å². The third-order valence-electron chi connectivity index (χ3n) is 2.40. The van der Waals surface area contributed by atoms with E-state index < -0.39 is 0 Å². The van der Waals surface area contributed by atoms with Crippen molar-refractivity contribution in [3.63, 3.8) is 0 Å². The summed E-state index contributed by atoms with van der Waals surface area (Å²) in [6.45, 7) is 5.95. The van der Waals surface area contributed by atoms with Crippen molar-refractivity contribution in [2.45, 2.75) is 33.3 Å². The van der Waals surface area contributed by atoms with Crippen molar-refractivity contribution in [2.24, 2.45) is 5.92 Å². The molecule has 1 atom stereocenters. The van der Waals surface area contributed by atoms with Gasteiger partial charge in [-0.25, -0.2) is 4.79 Å². The number of nitrogens with two attached hydrogens (primary N) is 1. The first-order chi connectivity index (χ1) is 8.49. The molecule has 0 saturated carbocycles. The molecule has 2 N–H and O–H groups in total. The van der Waals surface area contributed by atoms with Gasteiger partial charge in [-0.05, 0) is 31.4 Å². The molecule has 0 heterocycles. The normalized spacial score (nSPS) is 12.2. The summed E-state index contributed by atoms with van der Waals surface area (Å²) in [5.74, 6) is 0.635. The molecule has 0 radical (unpaired) electrons. The number of hydrogen-bond donors (Lipinski definition) is 1. The highest BCUT2D eigenvalue weighted by Crippen LogP contribution is 2.19. The molecule has 1 unspecified atom stereocenters. The summed E-state index contributed by atoms with van der Waals surface area (Å²) >= 11 is 0. The second kappa shape index (κ2) is 6.89. The van der Waals surface area contributed by atoms with Gasteiger partial charge in [0.15, 0.2) is 6.61 Å². The van der Waals surface area contributed by atoms with Gasteiger partial charge in [-0.15, -0.1) is 0 Å². The van der Waals surface area contributed by atoms with Crippen molar-refractivity contribution in [3.05, 3.63) is 24.3 Å². The standard InChI is InChI=1S/C14H21NO3/c1-10(2)8-11(3)18-14(16)9-17-13-7-5-4-6-12(13)15/h4-7,10-11H,8-9,15H2,1-3H3. The van der Waals surface area contributed by atoms with Crippen LogP contribution in [-0.2, 0) is 9.53 Å². The van der Waals surface area contributed by atoms with Gasteiger partial charge in [0.1, 0.15) is 5.75 Å². The van der Waals surface area contributed by atoms with Gasteiger partial charge in [-0.1, -0.05) is 26.0 Å². The fourth-order valence-corrected chi connectivity index (χ4v) is 1.72. The van der Waals surface area contributed by atoms with Crippen LogP contribution in [0.4, 0.5) is 5.69 Å². The first-order valence-corrected chi connectivity index (χ1v) is 6.15. The number of rotatable bonds is 6. The maximum Gasteiger partial charge on any atom is 0.344 e. The molecule has 100 valence electrons. The van der Waals surface area contributed by atoms with E-state index in [1.54, 1.807) is 18.2 Å². The number of nitrogen functional groups attached to an aromatic ring is 1. The first-order valence-electron chi connectivity index (χ1n) is 6.15. The number of hydrogen-bond acceptors (Lipinski definition) is 4.